The third-order valence-electron chi connectivity index (χ3n) is 13.2. The van der Waals surface area contributed by atoms with E-state index in [-0.39, 0.29) is 0 Å². The Morgan fingerprint density at radius 2 is 0.853 bits per heavy atom. The van der Waals surface area contributed by atoms with Crippen molar-refractivity contribution < 1.29 is 0 Å². The van der Waals surface area contributed by atoms with Crippen molar-refractivity contribution in [1.82, 2.24) is 24.1 Å². The molecule has 0 aliphatic carbocycles. The average Bonchev–Trinajstić information content (AvgIpc) is 3.93. The predicted octanol–water partition coefficient (Wildman–Crippen LogP) is 15.4. The van der Waals surface area contributed by atoms with Gasteiger partial charge in [-0.1, -0.05) is 188 Å². The molecule has 0 N–H and O–H groups in total. The number of nitrogens with zero attached hydrogens (tertiary/aromatic N) is 6. The number of hydrogen-bond donors (Lipinski definition) is 0. The molecule has 0 amide bonds. The predicted molar refractivity (Wildman–Crippen MR) is 278 cm³/mol. The number of fused-ring (bicyclic) bond motifs is 8. The van der Waals surface area contributed by atoms with Gasteiger partial charge < -0.3 is 9.13 Å². The first kappa shape index (κ1) is 39.0. The van der Waals surface area contributed by atoms with Crippen molar-refractivity contribution >= 4 is 54.4 Å². The van der Waals surface area contributed by atoms with Crippen molar-refractivity contribution in [3.8, 4) is 73.9 Å². The van der Waals surface area contributed by atoms with E-state index in [1.165, 1.54) is 10.8 Å². The molecular formula is C62H38N6. The van der Waals surface area contributed by atoms with E-state index in [1.54, 1.807) is 0 Å². The van der Waals surface area contributed by atoms with Crippen molar-refractivity contribution in [2.45, 2.75) is 0 Å². The van der Waals surface area contributed by atoms with E-state index in [1.807, 2.05) is 72.8 Å². The lowest BCUT2D eigenvalue weighted by molar-refractivity contribution is 1.06. The minimum absolute atomic E-state index is 0.458. The van der Waals surface area contributed by atoms with Gasteiger partial charge in [0.25, 0.3) is 0 Å². The van der Waals surface area contributed by atoms with Crippen molar-refractivity contribution in [2.24, 2.45) is 0 Å². The minimum atomic E-state index is 0.458. The highest BCUT2D eigenvalue weighted by molar-refractivity contribution is 6.26. The second-order valence-corrected chi connectivity index (χ2v) is 17.0. The third-order valence-corrected chi connectivity index (χ3v) is 13.2. The maximum Gasteiger partial charge on any atom is 0.166 e. The van der Waals surface area contributed by atoms with Crippen LogP contribution in [0.3, 0.4) is 0 Å². The van der Waals surface area contributed by atoms with Crippen LogP contribution in [0.25, 0.3) is 122 Å². The summed E-state index contributed by atoms with van der Waals surface area (Å²) in [6.07, 6.45) is 0. The molecule has 0 aliphatic rings. The molecule has 0 saturated heterocycles. The maximum atomic E-state index is 10.6. The molecule has 0 saturated carbocycles. The Morgan fingerprint density at radius 3 is 1.50 bits per heavy atom. The molecule has 0 radical (unpaired) electrons. The summed E-state index contributed by atoms with van der Waals surface area (Å²) in [6, 6.07) is 82.5. The quantitative estimate of drug-likeness (QED) is 0.160. The molecule has 0 aliphatic heterocycles. The first-order chi connectivity index (χ1) is 33.7. The van der Waals surface area contributed by atoms with Crippen molar-refractivity contribution in [3.05, 3.63) is 236 Å². The summed E-state index contributed by atoms with van der Waals surface area (Å²) < 4.78 is 4.77. The Kier molecular flexibility index (Phi) is 9.12. The second-order valence-electron chi connectivity index (χ2n) is 17.0. The number of aromatic nitrogens is 5. The van der Waals surface area contributed by atoms with Gasteiger partial charge in [0.05, 0.1) is 45.1 Å². The normalized spacial score (nSPS) is 11.5. The van der Waals surface area contributed by atoms with Crippen LogP contribution in [0.5, 0.6) is 0 Å². The van der Waals surface area contributed by atoms with Crippen LogP contribution in [-0.4, -0.2) is 24.1 Å². The largest absolute Gasteiger partial charge is 0.309 e. The number of para-hydroxylation sites is 2. The van der Waals surface area contributed by atoms with Crippen LogP contribution in [0.4, 0.5) is 0 Å². The monoisotopic (exact) mass is 866 g/mol. The molecular weight excluding hydrogens is 829 g/mol. The van der Waals surface area contributed by atoms with Crippen molar-refractivity contribution in [1.29, 1.82) is 5.26 Å². The maximum absolute atomic E-state index is 10.6. The van der Waals surface area contributed by atoms with Crippen LogP contribution in [-0.2, 0) is 0 Å². The van der Waals surface area contributed by atoms with E-state index in [2.05, 4.69) is 173 Å². The number of nitriles is 1. The summed E-state index contributed by atoms with van der Waals surface area (Å²) in [6.45, 7) is 0. The zero-order valence-electron chi connectivity index (χ0n) is 36.6. The fraction of sp³-hybridized carbons (Fsp3) is 0. The molecule has 13 aromatic rings. The molecule has 68 heavy (non-hydrogen) atoms. The minimum Gasteiger partial charge on any atom is -0.309 e. The van der Waals surface area contributed by atoms with Crippen LogP contribution in [0.15, 0.2) is 231 Å². The zero-order valence-corrected chi connectivity index (χ0v) is 36.6. The summed E-state index contributed by atoms with van der Waals surface area (Å²) in [5.74, 6) is 1.52. The lowest BCUT2D eigenvalue weighted by Crippen LogP contribution is -2.05. The molecule has 0 spiro atoms. The molecule has 0 fully saturated rings. The SMILES string of the molecule is N#Cc1ccc(-n2c3ccccc3c3ccc4c(c5ccccc5n4-c4cccc5ccccc45)c32)c(-c2nc(-c3ccccc3-c3ccccc3)nc(-c3ccccc3-c3ccccc3)n2)c1. The fourth-order valence-corrected chi connectivity index (χ4v) is 10.2. The zero-order chi connectivity index (χ0) is 45.1. The second kappa shape index (κ2) is 15.9. The van der Waals surface area contributed by atoms with E-state index in [9.17, 15) is 5.26 Å². The van der Waals surface area contributed by atoms with E-state index < -0.39 is 0 Å². The molecule has 0 atom stereocenters. The number of benzene rings is 10. The van der Waals surface area contributed by atoms with Gasteiger partial charge >= 0.3 is 0 Å². The summed E-state index contributed by atoms with van der Waals surface area (Å²) in [4.78, 5) is 16.2. The third kappa shape index (κ3) is 6.22. The van der Waals surface area contributed by atoms with Gasteiger partial charge in [0.15, 0.2) is 17.5 Å². The van der Waals surface area contributed by atoms with E-state index >= 15 is 0 Å². The number of hydrogen-bond acceptors (Lipinski definition) is 4. The fourth-order valence-electron chi connectivity index (χ4n) is 10.2. The molecule has 316 valence electrons. The van der Waals surface area contributed by atoms with Gasteiger partial charge in [-0.15, -0.1) is 0 Å². The van der Waals surface area contributed by atoms with Crippen LogP contribution in [0.2, 0.25) is 0 Å². The first-order valence-electron chi connectivity index (χ1n) is 22.8. The van der Waals surface area contributed by atoms with Crippen LogP contribution in [0, 0.1) is 11.3 Å². The van der Waals surface area contributed by atoms with Gasteiger partial charge in [0, 0.05) is 43.6 Å². The summed E-state index contributed by atoms with van der Waals surface area (Å²) >= 11 is 0. The first-order valence-corrected chi connectivity index (χ1v) is 22.8. The van der Waals surface area contributed by atoms with Gasteiger partial charge in [-0.05, 0) is 70.1 Å². The Bertz CT molecular complexity index is 4050. The smallest absolute Gasteiger partial charge is 0.166 e. The lowest BCUT2D eigenvalue weighted by Gasteiger charge is -2.17. The molecule has 6 heteroatoms. The molecule has 13 rings (SSSR count). The Balaban J connectivity index is 1.14. The van der Waals surface area contributed by atoms with Gasteiger partial charge in [-0.2, -0.15) is 5.26 Å². The molecule has 10 aromatic carbocycles. The summed E-state index contributed by atoms with van der Waals surface area (Å²) in [5, 5.41) is 17.5. The van der Waals surface area contributed by atoms with Gasteiger partial charge in [0.1, 0.15) is 0 Å². The Hall–Kier alpha value is -9.44. The highest BCUT2D eigenvalue weighted by Gasteiger charge is 2.25. The van der Waals surface area contributed by atoms with Crippen molar-refractivity contribution in [3.63, 3.8) is 0 Å². The summed E-state index contributed by atoms with van der Waals surface area (Å²) in [5.41, 5.74) is 13.3. The highest BCUT2D eigenvalue weighted by atomic mass is 15.1. The lowest BCUT2D eigenvalue weighted by atomic mass is 9.98. The van der Waals surface area contributed by atoms with E-state index in [4.69, 9.17) is 15.0 Å². The van der Waals surface area contributed by atoms with Crippen LogP contribution < -0.4 is 0 Å². The van der Waals surface area contributed by atoms with E-state index in [0.717, 1.165) is 88.4 Å². The molecule has 3 aromatic heterocycles. The molecule has 6 nitrogen and oxygen atoms in total. The topological polar surface area (TPSA) is 72.3 Å². The summed E-state index contributed by atoms with van der Waals surface area (Å²) in [7, 11) is 0. The Morgan fingerprint density at radius 1 is 0.338 bits per heavy atom. The van der Waals surface area contributed by atoms with Crippen molar-refractivity contribution in [2.75, 3.05) is 0 Å². The average molecular weight is 867 g/mol. The van der Waals surface area contributed by atoms with Gasteiger partial charge in [-0.3, -0.25) is 0 Å². The number of rotatable bonds is 7. The van der Waals surface area contributed by atoms with Crippen LogP contribution in [0.1, 0.15) is 5.56 Å². The van der Waals surface area contributed by atoms with Crippen LogP contribution >= 0.6 is 0 Å². The highest BCUT2D eigenvalue weighted by Crippen LogP contribution is 2.45. The Labute approximate surface area is 391 Å². The molecule has 0 unspecified atom stereocenters. The standard InChI is InChI=1S/C62H38N6/c63-39-40-34-36-56(68-54-31-15-13-27-47(54)48-35-37-57-58(59(48)68)51-30-14-16-32-55(51)67(57)53-33-17-23-43-22-7-8-26-46(43)53)52(38-40)62-65-60(49-28-11-9-24-44(49)41-18-3-1-4-19-41)64-61(66-62)50-29-12-10-25-45(50)42-20-5-2-6-21-42/h1-38H. The molecule has 0 bridgehead atoms. The van der Waals surface area contributed by atoms with Gasteiger partial charge in [0.2, 0.25) is 0 Å². The van der Waals surface area contributed by atoms with Gasteiger partial charge in [-0.25, -0.2) is 15.0 Å². The molecule has 3 heterocycles. The van der Waals surface area contributed by atoms with E-state index in [0.29, 0.717) is 28.6 Å².